The lowest BCUT2D eigenvalue weighted by Gasteiger charge is -2.13. The van der Waals surface area contributed by atoms with Gasteiger partial charge in [0.1, 0.15) is 0 Å². The van der Waals surface area contributed by atoms with Crippen LogP contribution in [0.4, 0.5) is 5.69 Å². The van der Waals surface area contributed by atoms with Crippen LogP contribution < -0.4 is 10.6 Å². The third-order valence-corrected chi connectivity index (χ3v) is 4.08. The van der Waals surface area contributed by atoms with Crippen LogP contribution in [0.2, 0.25) is 15.1 Å². The largest absolute Gasteiger partial charge is 0.332 e. The zero-order valence-corrected chi connectivity index (χ0v) is 14.5. The van der Waals surface area contributed by atoms with E-state index in [1.54, 1.807) is 18.2 Å². The number of carbonyl (C=O) groups is 1. The van der Waals surface area contributed by atoms with Crippen LogP contribution in [0.15, 0.2) is 36.4 Å². The minimum absolute atomic E-state index is 0.154. The Balaban J connectivity index is 2.08. The zero-order valence-electron chi connectivity index (χ0n) is 11.4. The van der Waals surface area contributed by atoms with Gasteiger partial charge in [-0.15, -0.1) is 0 Å². The average molecular weight is 374 g/mol. The summed E-state index contributed by atoms with van der Waals surface area (Å²) in [6, 6.07) is 9.99. The normalized spacial score (nSPS) is 10.2. The minimum atomic E-state index is -0.418. The summed E-state index contributed by atoms with van der Waals surface area (Å²) in [6.45, 7) is 1.85. The number of hydrogen-bond donors (Lipinski definition) is 2. The molecule has 7 heteroatoms. The van der Waals surface area contributed by atoms with E-state index in [2.05, 4.69) is 10.6 Å². The molecule has 2 rings (SSSR count). The predicted molar refractivity (Wildman–Crippen MR) is 96.3 cm³/mol. The molecule has 0 bridgehead atoms. The van der Waals surface area contributed by atoms with Crippen molar-refractivity contribution >= 4 is 63.7 Å². The lowest BCUT2D eigenvalue weighted by atomic mass is 10.2. The van der Waals surface area contributed by atoms with Crippen molar-refractivity contribution in [3.8, 4) is 0 Å². The van der Waals surface area contributed by atoms with Gasteiger partial charge in [0.15, 0.2) is 5.11 Å². The summed E-state index contributed by atoms with van der Waals surface area (Å²) in [5, 5.41) is 6.97. The summed E-state index contributed by atoms with van der Waals surface area (Å²) in [5.74, 6) is -0.418. The maximum atomic E-state index is 12.1. The number of halogens is 3. The van der Waals surface area contributed by atoms with E-state index in [0.717, 1.165) is 11.3 Å². The van der Waals surface area contributed by atoms with Crippen LogP contribution in [-0.2, 0) is 0 Å². The smallest absolute Gasteiger partial charge is 0.258 e. The molecule has 3 nitrogen and oxygen atoms in total. The Morgan fingerprint density at radius 2 is 1.82 bits per heavy atom. The molecule has 0 aliphatic carbocycles. The molecule has 0 aliphatic heterocycles. The molecule has 0 aromatic heterocycles. The second kappa shape index (κ2) is 7.29. The molecule has 22 heavy (non-hydrogen) atoms. The number of thiocarbonyl (C=S) groups is 1. The van der Waals surface area contributed by atoms with Crippen molar-refractivity contribution in [2.45, 2.75) is 6.92 Å². The van der Waals surface area contributed by atoms with E-state index in [1.165, 1.54) is 12.1 Å². The molecule has 0 fully saturated rings. The van der Waals surface area contributed by atoms with Gasteiger partial charge in [-0.1, -0.05) is 40.9 Å². The number of amides is 1. The molecule has 0 unspecified atom stereocenters. The van der Waals surface area contributed by atoms with E-state index in [4.69, 9.17) is 47.0 Å². The zero-order chi connectivity index (χ0) is 16.3. The first-order chi connectivity index (χ1) is 10.4. The molecule has 0 heterocycles. The van der Waals surface area contributed by atoms with Gasteiger partial charge in [0.2, 0.25) is 0 Å². The number of benzene rings is 2. The van der Waals surface area contributed by atoms with Gasteiger partial charge in [0.25, 0.3) is 5.91 Å². The highest BCUT2D eigenvalue weighted by atomic mass is 35.5. The quantitative estimate of drug-likeness (QED) is 0.721. The first-order valence-corrected chi connectivity index (χ1v) is 7.75. The predicted octanol–water partition coefficient (Wildman–Crippen LogP) is 5.08. The molecule has 0 saturated carbocycles. The molecular formula is C15H11Cl3N2OS. The molecule has 2 N–H and O–H groups in total. The van der Waals surface area contributed by atoms with E-state index < -0.39 is 5.91 Å². The van der Waals surface area contributed by atoms with Crippen LogP contribution in [0.25, 0.3) is 0 Å². The van der Waals surface area contributed by atoms with Gasteiger partial charge in [-0.2, -0.15) is 0 Å². The van der Waals surface area contributed by atoms with Gasteiger partial charge in [0.05, 0.1) is 10.6 Å². The average Bonchev–Trinajstić information content (AvgIpc) is 2.43. The van der Waals surface area contributed by atoms with E-state index in [0.29, 0.717) is 10.0 Å². The summed E-state index contributed by atoms with van der Waals surface area (Å²) in [7, 11) is 0. The Bertz CT molecular complexity index is 750. The Kier molecular flexibility index (Phi) is 5.64. The van der Waals surface area contributed by atoms with Crippen molar-refractivity contribution < 1.29 is 4.79 Å². The van der Waals surface area contributed by atoms with Gasteiger partial charge in [-0.3, -0.25) is 10.1 Å². The highest BCUT2D eigenvalue weighted by Gasteiger charge is 2.13. The molecule has 0 aliphatic rings. The van der Waals surface area contributed by atoms with Gasteiger partial charge >= 0.3 is 0 Å². The lowest BCUT2D eigenvalue weighted by Crippen LogP contribution is -2.34. The topological polar surface area (TPSA) is 41.1 Å². The van der Waals surface area contributed by atoms with E-state index in [9.17, 15) is 4.79 Å². The fourth-order valence-electron chi connectivity index (χ4n) is 1.74. The van der Waals surface area contributed by atoms with Gasteiger partial charge in [0, 0.05) is 15.7 Å². The highest BCUT2D eigenvalue weighted by Crippen LogP contribution is 2.23. The maximum absolute atomic E-state index is 12.1. The number of carbonyl (C=O) groups excluding carboxylic acids is 1. The molecule has 2 aromatic rings. The number of hydrogen-bond acceptors (Lipinski definition) is 2. The highest BCUT2D eigenvalue weighted by molar-refractivity contribution is 7.80. The molecular weight excluding hydrogens is 363 g/mol. The first-order valence-electron chi connectivity index (χ1n) is 6.21. The maximum Gasteiger partial charge on any atom is 0.258 e. The molecule has 2 aromatic carbocycles. The fourth-order valence-corrected chi connectivity index (χ4v) is 2.61. The molecule has 0 saturated heterocycles. The van der Waals surface area contributed by atoms with Crippen LogP contribution in [-0.4, -0.2) is 11.0 Å². The number of nitrogens with one attached hydrogen (secondary N) is 2. The van der Waals surface area contributed by atoms with Crippen LogP contribution in [0.3, 0.4) is 0 Å². The van der Waals surface area contributed by atoms with Crippen molar-refractivity contribution in [1.29, 1.82) is 0 Å². The molecule has 1 amide bonds. The summed E-state index contributed by atoms with van der Waals surface area (Å²) in [4.78, 5) is 12.1. The summed E-state index contributed by atoms with van der Waals surface area (Å²) >= 11 is 23.0. The molecule has 114 valence electrons. The summed E-state index contributed by atoms with van der Waals surface area (Å²) in [5.41, 5.74) is 1.85. The summed E-state index contributed by atoms with van der Waals surface area (Å²) < 4.78 is 0. The lowest BCUT2D eigenvalue weighted by molar-refractivity contribution is 0.0978. The standard InChI is InChI=1S/C15H11Cl3N2OS/c1-8-11(17)3-2-4-13(8)19-15(22)20-14(21)10-6-5-9(16)7-12(10)18/h2-7H,1H3,(H2,19,20,21,22). The Morgan fingerprint density at radius 1 is 1.09 bits per heavy atom. The van der Waals surface area contributed by atoms with Crippen molar-refractivity contribution in [1.82, 2.24) is 5.32 Å². The van der Waals surface area contributed by atoms with Crippen molar-refractivity contribution in [2.24, 2.45) is 0 Å². The molecule has 0 spiro atoms. The fraction of sp³-hybridized carbons (Fsp3) is 0.0667. The Hall–Kier alpha value is -1.33. The minimum Gasteiger partial charge on any atom is -0.332 e. The van der Waals surface area contributed by atoms with Crippen molar-refractivity contribution in [2.75, 3.05) is 5.32 Å². The third-order valence-electron chi connectivity index (χ3n) is 2.92. The van der Waals surface area contributed by atoms with E-state index in [1.807, 2.05) is 13.0 Å². The molecule has 0 atom stereocenters. The van der Waals surface area contributed by atoms with Gasteiger partial charge in [-0.25, -0.2) is 0 Å². The number of anilines is 1. The van der Waals surface area contributed by atoms with Gasteiger partial charge < -0.3 is 5.32 Å². The summed E-state index contributed by atoms with van der Waals surface area (Å²) in [6.07, 6.45) is 0. The first kappa shape index (κ1) is 17.0. The van der Waals surface area contributed by atoms with Crippen LogP contribution in [0.5, 0.6) is 0 Å². The van der Waals surface area contributed by atoms with Crippen LogP contribution in [0.1, 0.15) is 15.9 Å². The van der Waals surface area contributed by atoms with Crippen LogP contribution in [0, 0.1) is 6.92 Å². The van der Waals surface area contributed by atoms with Gasteiger partial charge in [-0.05, 0) is 55.0 Å². The Labute approximate surface area is 148 Å². The van der Waals surface area contributed by atoms with E-state index >= 15 is 0 Å². The van der Waals surface area contributed by atoms with Crippen LogP contribution >= 0.6 is 47.0 Å². The van der Waals surface area contributed by atoms with Crippen molar-refractivity contribution in [3.63, 3.8) is 0 Å². The third kappa shape index (κ3) is 4.11. The monoisotopic (exact) mass is 372 g/mol. The second-order valence-corrected chi connectivity index (χ2v) is 6.10. The number of rotatable bonds is 2. The van der Waals surface area contributed by atoms with Crippen molar-refractivity contribution in [3.05, 3.63) is 62.6 Å². The van der Waals surface area contributed by atoms with E-state index in [-0.39, 0.29) is 15.7 Å². The SMILES string of the molecule is Cc1c(Cl)cccc1NC(=S)NC(=O)c1ccc(Cl)cc1Cl. The second-order valence-electron chi connectivity index (χ2n) is 4.44. The molecule has 0 radical (unpaired) electrons. The Morgan fingerprint density at radius 3 is 2.50 bits per heavy atom.